The van der Waals surface area contributed by atoms with E-state index in [-0.39, 0.29) is 17.8 Å². The van der Waals surface area contributed by atoms with Crippen LogP contribution in [0.1, 0.15) is 55.5 Å². The molecule has 1 aliphatic heterocycles. The molecule has 1 N–H and O–H groups in total. The third kappa shape index (κ3) is 4.41. The molecule has 0 saturated heterocycles. The molecule has 0 radical (unpaired) electrons. The first kappa shape index (κ1) is 19.8. The molecule has 1 aromatic heterocycles. The summed E-state index contributed by atoms with van der Waals surface area (Å²) in [5.41, 5.74) is 3.59. The lowest BCUT2D eigenvalue weighted by atomic mass is 9.87. The maximum absolute atomic E-state index is 14.4. The third-order valence-electron chi connectivity index (χ3n) is 5.98. The first-order valence-electron chi connectivity index (χ1n) is 10.6. The summed E-state index contributed by atoms with van der Waals surface area (Å²) in [5.74, 6) is 0.812. The van der Waals surface area contributed by atoms with Gasteiger partial charge in [-0.25, -0.2) is 9.37 Å². The highest BCUT2D eigenvalue weighted by Gasteiger charge is 2.30. The molecule has 1 aliphatic carbocycles. The molecule has 4 rings (SSSR count). The van der Waals surface area contributed by atoms with E-state index in [1.165, 1.54) is 25.3 Å². The fourth-order valence-corrected chi connectivity index (χ4v) is 4.41. The van der Waals surface area contributed by atoms with Crippen molar-refractivity contribution in [2.75, 3.05) is 6.54 Å². The summed E-state index contributed by atoms with van der Waals surface area (Å²) in [7, 11) is 0. The largest absolute Gasteiger partial charge is 0.487 e. The van der Waals surface area contributed by atoms with Gasteiger partial charge in [0.05, 0.1) is 23.6 Å². The molecule has 1 fully saturated rings. The van der Waals surface area contributed by atoms with Gasteiger partial charge in [0, 0.05) is 30.2 Å². The number of nitrogens with zero attached hydrogens (tertiary/aromatic N) is 2. The molecule has 0 unspecified atom stereocenters. The van der Waals surface area contributed by atoms with Crippen LogP contribution >= 0.6 is 0 Å². The van der Waals surface area contributed by atoms with Crippen LogP contribution in [0.4, 0.5) is 4.39 Å². The Morgan fingerprint density at radius 3 is 2.83 bits per heavy atom. The lowest BCUT2D eigenvalue weighted by Gasteiger charge is -2.21. The van der Waals surface area contributed by atoms with Gasteiger partial charge in [0.1, 0.15) is 17.7 Å². The molecule has 5 nitrogen and oxygen atoms in total. The zero-order valence-corrected chi connectivity index (χ0v) is 17.1. The molecular formula is C23H28FN3O2. The van der Waals surface area contributed by atoms with E-state index >= 15 is 0 Å². The van der Waals surface area contributed by atoms with Gasteiger partial charge in [0.15, 0.2) is 0 Å². The van der Waals surface area contributed by atoms with Crippen molar-refractivity contribution in [3.05, 3.63) is 41.1 Å². The van der Waals surface area contributed by atoms with Gasteiger partial charge in [-0.3, -0.25) is 9.78 Å². The number of fused-ring (bicyclic) bond motifs is 1. The van der Waals surface area contributed by atoms with Crippen LogP contribution in [0.2, 0.25) is 0 Å². The Kier molecular flexibility index (Phi) is 5.79. The monoisotopic (exact) mass is 397 g/mol. The van der Waals surface area contributed by atoms with Gasteiger partial charge < -0.3 is 10.1 Å². The third-order valence-corrected chi connectivity index (χ3v) is 5.98. The maximum atomic E-state index is 14.4. The summed E-state index contributed by atoms with van der Waals surface area (Å²) < 4.78 is 20.5. The summed E-state index contributed by atoms with van der Waals surface area (Å²) in [5, 5.41) is 2.99. The maximum Gasteiger partial charge on any atom is 0.220 e. The minimum atomic E-state index is -0.280. The quantitative estimate of drug-likeness (QED) is 0.817. The molecule has 29 heavy (non-hydrogen) atoms. The summed E-state index contributed by atoms with van der Waals surface area (Å²) in [4.78, 5) is 21.3. The number of ether oxygens (including phenoxy) is 1. The molecule has 1 amide bonds. The number of aromatic nitrogens is 2. The van der Waals surface area contributed by atoms with E-state index < -0.39 is 0 Å². The van der Waals surface area contributed by atoms with Crippen molar-refractivity contribution >= 4 is 5.91 Å². The van der Waals surface area contributed by atoms with E-state index in [2.05, 4.69) is 15.3 Å². The normalized spacial score (nSPS) is 18.9. The van der Waals surface area contributed by atoms with E-state index in [4.69, 9.17) is 4.74 Å². The van der Waals surface area contributed by atoms with Crippen molar-refractivity contribution in [2.45, 2.75) is 64.9 Å². The summed E-state index contributed by atoms with van der Waals surface area (Å²) >= 11 is 0. The number of amides is 1. The second-order valence-corrected chi connectivity index (χ2v) is 8.30. The van der Waals surface area contributed by atoms with Gasteiger partial charge in [-0.05, 0) is 44.7 Å². The van der Waals surface area contributed by atoms with E-state index in [1.54, 1.807) is 12.3 Å². The van der Waals surface area contributed by atoms with Gasteiger partial charge >= 0.3 is 0 Å². The molecule has 1 saturated carbocycles. The van der Waals surface area contributed by atoms with Gasteiger partial charge in [0.25, 0.3) is 0 Å². The first-order valence-corrected chi connectivity index (χ1v) is 10.6. The van der Waals surface area contributed by atoms with Crippen LogP contribution < -0.4 is 10.1 Å². The van der Waals surface area contributed by atoms with Crippen LogP contribution in [-0.2, 0) is 11.2 Å². The van der Waals surface area contributed by atoms with Crippen molar-refractivity contribution in [1.29, 1.82) is 0 Å². The number of carbonyl (C=O) groups excluding carboxylic acids is 1. The SMILES string of the molecule is Cc1cnc(C)c(-c2ccc(F)c3c2O[C@@H](CNC(=O)CC2CCCCC2)C3)n1. The Morgan fingerprint density at radius 1 is 1.24 bits per heavy atom. The van der Waals surface area contributed by atoms with E-state index in [9.17, 15) is 9.18 Å². The van der Waals surface area contributed by atoms with E-state index in [0.717, 1.165) is 29.8 Å². The Morgan fingerprint density at radius 2 is 2.03 bits per heavy atom. The fourth-order valence-electron chi connectivity index (χ4n) is 4.41. The Labute approximate surface area is 171 Å². The topological polar surface area (TPSA) is 64.1 Å². The van der Waals surface area contributed by atoms with Crippen LogP contribution in [0.3, 0.4) is 0 Å². The van der Waals surface area contributed by atoms with Crippen molar-refractivity contribution < 1.29 is 13.9 Å². The summed E-state index contributed by atoms with van der Waals surface area (Å²) in [6.07, 6.45) is 8.49. The highest BCUT2D eigenvalue weighted by atomic mass is 19.1. The Bertz CT molecular complexity index is 909. The van der Waals surface area contributed by atoms with Crippen molar-refractivity contribution in [2.24, 2.45) is 5.92 Å². The predicted octanol–water partition coefficient (Wildman–Crippen LogP) is 4.29. The highest BCUT2D eigenvalue weighted by molar-refractivity contribution is 5.76. The molecule has 1 atom stereocenters. The second kappa shape index (κ2) is 8.47. The number of halogens is 1. The minimum absolute atomic E-state index is 0.0672. The lowest BCUT2D eigenvalue weighted by Crippen LogP contribution is -2.35. The van der Waals surface area contributed by atoms with Crippen molar-refractivity contribution in [3.63, 3.8) is 0 Å². The van der Waals surface area contributed by atoms with Gasteiger partial charge in [-0.2, -0.15) is 0 Å². The van der Waals surface area contributed by atoms with Crippen LogP contribution in [0, 0.1) is 25.6 Å². The van der Waals surface area contributed by atoms with Crippen molar-refractivity contribution in [1.82, 2.24) is 15.3 Å². The van der Waals surface area contributed by atoms with E-state index in [1.807, 2.05) is 13.8 Å². The van der Waals surface area contributed by atoms with E-state index in [0.29, 0.717) is 42.3 Å². The predicted molar refractivity (Wildman–Crippen MR) is 109 cm³/mol. The van der Waals surface area contributed by atoms with Gasteiger partial charge in [-0.1, -0.05) is 19.3 Å². The number of aryl methyl sites for hydroxylation is 2. The minimum Gasteiger partial charge on any atom is -0.487 e. The van der Waals surface area contributed by atoms with Crippen LogP contribution in [0.25, 0.3) is 11.3 Å². The average molecular weight is 397 g/mol. The average Bonchev–Trinajstić information content (AvgIpc) is 3.15. The van der Waals surface area contributed by atoms with Crippen LogP contribution in [0.5, 0.6) is 5.75 Å². The summed E-state index contributed by atoms with van der Waals surface area (Å²) in [6.45, 7) is 4.15. The van der Waals surface area contributed by atoms with Gasteiger partial charge in [0.2, 0.25) is 5.91 Å². The molecule has 6 heteroatoms. The standard InChI is InChI=1S/C23H28FN3O2/c1-14-12-25-15(2)22(27-14)18-8-9-20(24)19-11-17(29-23(18)19)13-26-21(28)10-16-6-4-3-5-7-16/h8-9,12,16-17H,3-7,10-11,13H2,1-2H3,(H,26,28)/t17-/m1/s1. The first-order chi connectivity index (χ1) is 14.0. The Balaban J connectivity index is 1.44. The molecule has 2 aliphatic rings. The van der Waals surface area contributed by atoms with Crippen LogP contribution in [-0.4, -0.2) is 28.5 Å². The molecule has 0 spiro atoms. The van der Waals surface area contributed by atoms with Gasteiger partial charge in [-0.15, -0.1) is 0 Å². The second-order valence-electron chi connectivity index (χ2n) is 8.30. The molecule has 154 valence electrons. The lowest BCUT2D eigenvalue weighted by molar-refractivity contribution is -0.122. The number of rotatable bonds is 5. The number of hydrogen-bond acceptors (Lipinski definition) is 4. The van der Waals surface area contributed by atoms with Crippen molar-refractivity contribution in [3.8, 4) is 17.0 Å². The molecular weight excluding hydrogens is 369 g/mol. The molecule has 2 aromatic rings. The summed E-state index contributed by atoms with van der Waals surface area (Å²) in [6, 6.07) is 3.17. The number of nitrogens with one attached hydrogen (secondary N) is 1. The molecule has 1 aromatic carbocycles. The highest BCUT2D eigenvalue weighted by Crippen LogP contribution is 2.40. The zero-order chi connectivity index (χ0) is 20.4. The number of carbonyl (C=O) groups is 1. The molecule has 2 heterocycles. The fraction of sp³-hybridized carbons (Fsp3) is 0.522. The Hall–Kier alpha value is -2.50. The van der Waals surface area contributed by atoms with Crippen LogP contribution in [0.15, 0.2) is 18.3 Å². The number of hydrogen-bond donors (Lipinski definition) is 1. The smallest absolute Gasteiger partial charge is 0.220 e. The molecule has 0 bridgehead atoms. The zero-order valence-electron chi connectivity index (χ0n) is 17.1. The number of benzene rings is 1.